The number of nitrogens with zero attached hydrogens (tertiary/aromatic N) is 2. The molecule has 0 aliphatic heterocycles. The predicted octanol–water partition coefficient (Wildman–Crippen LogP) is 3.59. The van der Waals surface area contributed by atoms with Crippen LogP contribution < -0.4 is 5.69 Å². The number of carbonyl (C=O) groups is 2. The van der Waals surface area contributed by atoms with E-state index in [1.54, 1.807) is 29.7 Å². The summed E-state index contributed by atoms with van der Waals surface area (Å²) < 4.78 is 8.41. The van der Waals surface area contributed by atoms with Crippen LogP contribution in [0.2, 0.25) is 0 Å². The summed E-state index contributed by atoms with van der Waals surface area (Å²) in [7, 11) is 0. The second kappa shape index (κ2) is 8.90. The maximum atomic E-state index is 12.8. The van der Waals surface area contributed by atoms with E-state index in [2.05, 4.69) is 0 Å². The summed E-state index contributed by atoms with van der Waals surface area (Å²) >= 11 is 0. The quantitative estimate of drug-likeness (QED) is 0.432. The zero-order valence-electron chi connectivity index (χ0n) is 17.1. The third-order valence-corrected chi connectivity index (χ3v) is 4.98. The van der Waals surface area contributed by atoms with Crippen LogP contribution in [0.15, 0.2) is 53.3 Å². The van der Waals surface area contributed by atoms with Gasteiger partial charge in [-0.25, -0.2) is 4.79 Å². The van der Waals surface area contributed by atoms with Gasteiger partial charge in [0.05, 0.1) is 11.0 Å². The lowest BCUT2D eigenvalue weighted by Crippen LogP contribution is -2.31. The Kier molecular flexibility index (Phi) is 6.32. The van der Waals surface area contributed by atoms with Gasteiger partial charge in [0, 0.05) is 12.1 Å². The number of para-hydroxylation sites is 2. The molecular formula is C23H26N2O4. The lowest BCUT2D eigenvalue weighted by molar-refractivity contribution is -0.147. The molecule has 0 bridgehead atoms. The number of hydrogen-bond donors (Lipinski definition) is 0. The first-order chi connectivity index (χ1) is 14.0. The predicted molar refractivity (Wildman–Crippen MR) is 112 cm³/mol. The van der Waals surface area contributed by atoms with Crippen LogP contribution in [0.25, 0.3) is 11.0 Å². The Balaban J connectivity index is 1.76. The van der Waals surface area contributed by atoms with Gasteiger partial charge in [0.1, 0.15) is 6.54 Å². The third kappa shape index (κ3) is 4.31. The van der Waals surface area contributed by atoms with Gasteiger partial charge in [0.2, 0.25) is 5.78 Å². The molecule has 1 aromatic heterocycles. The molecule has 1 unspecified atom stereocenters. The number of esters is 1. The molecule has 3 aromatic rings. The number of benzene rings is 2. The Morgan fingerprint density at radius 3 is 2.17 bits per heavy atom. The van der Waals surface area contributed by atoms with E-state index in [1.807, 2.05) is 44.2 Å². The van der Waals surface area contributed by atoms with Crippen molar-refractivity contribution in [2.45, 2.75) is 52.8 Å². The first kappa shape index (κ1) is 20.6. The molecule has 0 saturated carbocycles. The highest BCUT2D eigenvalue weighted by Crippen LogP contribution is 2.14. The van der Waals surface area contributed by atoms with Crippen molar-refractivity contribution in [3.05, 3.63) is 70.1 Å². The summed E-state index contributed by atoms with van der Waals surface area (Å²) in [4.78, 5) is 37.8. The second-order valence-corrected chi connectivity index (χ2v) is 7.06. The molecule has 0 spiro atoms. The van der Waals surface area contributed by atoms with Crippen molar-refractivity contribution < 1.29 is 14.3 Å². The van der Waals surface area contributed by atoms with E-state index < -0.39 is 12.1 Å². The monoisotopic (exact) mass is 394 g/mol. The molecule has 0 amide bonds. The van der Waals surface area contributed by atoms with Gasteiger partial charge in [-0.3, -0.25) is 18.7 Å². The number of ketones is 1. The number of aromatic nitrogens is 2. The molecule has 29 heavy (non-hydrogen) atoms. The van der Waals surface area contributed by atoms with E-state index in [1.165, 1.54) is 4.57 Å². The average molecular weight is 394 g/mol. The zero-order chi connectivity index (χ0) is 21.0. The molecule has 6 nitrogen and oxygen atoms in total. The maximum absolute atomic E-state index is 12.8. The first-order valence-electron chi connectivity index (χ1n) is 9.97. The van der Waals surface area contributed by atoms with Crippen molar-refractivity contribution in [3.63, 3.8) is 0 Å². The minimum Gasteiger partial charge on any atom is -0.453 e. The molecule has 1 atom stereocenters. The van der Waals surface area contributed by atoms with Crippen LogP contribution in [0.3, 0.4) is 0 Å². The highest BCUT2D eigenvalue weighted by atomic mass is 16.5. The largest absolute Gasteiger partial charge is 0.453 e. The third-order valence-electron chi connectivity index (χ3n) is 4.98. The highest BCUT2D eigenvalue weighted by molar-refractivity contribution is 6.00. The number of aryl methyl sites for hydroxylation is 2. The summed E-state index contributed by atoms with van der Waals surface area (Å²) in [5.41, 5.74) is 2.84. The summed E-state index contributed by atoms with van der Waals surface area (Å²) in [6.45, 7) is 5.93. The Labute approximate surface area is 169 Å². The molecule has 0 saturated heterocycles. The van der Waals surface area contributed by atoms with E-state index in [0.717, 1.165) is 23.9 Å². The fourth-order valence-corrected chi connectivity index (χ4v) is 3.42. The number of fused-ring (bicyclic) bond motifs is 1. The van der Waals surface area contributed by atoms with Crippen molar-refractivity contribution >= 4 is 22.8 Å². The molecule has 152 valence electrons. The van der Waals surface area contributed by atoms with Crippen LogP contribution in [0.1, 0.15) is 43.1 Å². The van der Waals surface area contributed by atoms with E-state index in [9.17, 15) is 14.4 Å². The number of carbonyl (C=O) groups excluding carboxylic acids is 2. The Morgan fingerprint density at radius 1 is 0.966 bits per heavy atom. The lowest BCUT2D eigenvalue weighted by Gasteiger charge is -2.13. The summed E-state index contributed by atoms with van der Waals surface area (Å²) in [5, 5.41) is 0. The SMILES string of the molecule is CCCn1c(=O)n(CC(=O)OC(C)C(=O)c2ccc(CC)cc2)c2ccccc21. The normalized spacial score (nSPS) is 12.1. The van der Waals surface area contributed by atoms with Gasteiger partial charge in [-0.15, -0.1) is 0 Å². The van der Waals surface area contributed by atoms with E-state index in [0.29, 0.717) is 17.6 Å². The van der Waals surface area contributed by atoms with E-state index in [4.69, 9.17) is 4.74 Å². The lowest BCUT2D eigenvalue weighted by atomic mass is 10.0. The van der Waals surface area contributed by atoms with Gasteiger partial charge in [-0.2, -0.15) is 0 Å². The number of imidazole rings is 1. The number of ether oxygens (including phenoxy) is 1. The molecule has 0 radical (unpaired) electrons. The standard InChI is InChI=1S/C23H26N2O4/c1-4-14-24-19-8-6-7-9-20(19)25(23(24)28)15-21(26)29-16(3)22(27)18-12-10-17(5-2)11-13-18/h6-13,16H,4-5,14-15H2,1-3H3. The highest BCUT2D eigenvalue weighted by Gasteiger charge is 2.21. The van der Waals surface area contributed by atoms with Gasteiger partial charge in [-0.1, -0.05) is 50.2 Å². The molecule has 2 aromatic carbocycles. The van der Waals surface area contributed by atoms with Gasteiger partial charge in [0.15, 0.2) is 6.10 Å². The average Bonchev–Trinajstić information content (AvgIpc) is 2.99. The summed E-state index contributed by atoms with van der Waals surface area (Å²) in [5.74, 6) is -0.876. The van der Waals surface area contributed by atoms with Crippen molar-refractivity contribution in [1.82, 2.24) is 9.13 Å². The maximum Gasteiger partial charge on any atom is 0.329 e. The number of rotatable bonds is 8. The zero-order valence-corrected chi connectivity index (χ0v) is 17.1. The van der Waals surface area contributed by atoms with Crippen LogP contribution in [-0.2, 0) is 29.0 Å². The Hall–Kier alpha value is -3.15. The van der Waals surface area contributed by atoms with E-state index in [-0.39, 0.29) is 18.0 Å². The molecule has 1 heterocycles. The molecule has 0 aliphatic rings. The first-order valence-corrected chi connectivity index (χ1v) is 9.97. The van der Waals surface area contributed by atoms with Gasteiger partial charge >= 0.3 is 11.7 Å². The van der Waals surface area contributed by atoms with Crippen LogP contribution in [-0.4, -0.2) is 27.0 Å². The van der Waals surface area contributed by atoms with Crippen LogP contribution >= 0.6 is 0 Å². The van der Waals surface area contributed by atoms with Crippen LogP contribution in [0.5, 0.6) is 0 Å². The van der Waals surface area contributed by atoms with Gasteiger partial charge in [0.25, 0.3) is 0 Å². The molecule has 0 fully saturated rings. The van der Waals surface area contributed by atoms with Crippen LogP contribution in [0.4, 0.5) is 0 Å². The molecule has 0 N–H and O–H groups in total. The van der Waals surface area contributed by atoms with Gasteiger partial charge < -0.3 is 4.74 Å². The van der Waals surface area contributed by atoms with E-state index >= 15 is 0 Å². The van der Waals surface area contributed by atoms with Crippen molar-refractivity contribution in [2.24, 2.45) is 0 Å². The smallest absolute Gasteiger partial charge is 0.329 e. The summed E-state index contributed by atoms with van der Waals surface area (Å²) in [6, 6.07) is 14.6. The van der Waals surface area contributed by atoms with Crippen molar-refractivity contribution in [3.8, 4) is 0 Å². The fraction of sp³-hybridized carbons (Fsp3) is 0.348. The van der Waals surface area contributed by atoms with Crippen molar-refractivity contribution in [1.29, 1.82) is 0 Å². The molecule has 6 heteroatoms. The minimum absolute atomic E-state index is 0.234. The second-order valence-electron chi connectivity index (χ2n) is 7.06. The molecular weight excluding hydrogens is 368 g/mol. The van der Waals surface area contributed by atoms with Gasteiger partial charge in [-0.05, 0) is 37.5 Å². The minimum atomic E-state index is -0.922. The fourth-order valence-electron chi connectivity index (χ4n) is 3.42. The molecule has 3 rings (SSSR count). The van der Waals surface area contributed by atoms with Crippen molar-refractivity contribution in [2.75, 3.05) is 0 Å². The number of hydrogen-bond acceptors (Lipinski definition) is 4. The Bertz CT molecular complexity index is 1080. The summed E-state index contributed by atoms with van der Waals surface area (Å²) in [6.07, 6.45) is 0.773. The number of Topliss-reactive ketones (excluding diaryl/α,β-unsaturated/α-hetero) is 1. The van der Waals surface area contributed by atoms with Crippen LogP contribution in [0, 0.1) is 0 Å². The topological polar surface area (TPSA) is 70.3 Å². The Morgan fingerprint density at radius 2 is 1.59 bits per heavy atom. The molecule has 0 aliphatic carbocycles.